The molecular formula is C7H11N3O. The Hall–Kier alpha value is -1.32. The Morgan fingerprint density at radius 3 is 2.91 bits per heavy atom. The van der Waals surface area contributed by atoms with Gasteiger partial charge in [-0.2, -0.15) is 4.98 Å². The number of anilines is 1. The van der Waals surface area contributed by atoms with E-state index in [-0.39, 0.29) is 5.69 Å². The van der Waals surface area contributed by atoms with Crippen molar-refractivity contribution < 1.29 is 0 Å². The smallest absolute Gasteiger partial charge is 0.349 e. The number of nitrogens with zero attached hydrogens (tertiary/aromatic N) is 2. The van der Waals surface area contributed by atoms with Crippen LogP contribution in [-0.2, 0) is 13.5 Å². The molecule has 0 spiro atoms. The topological polar surface area (TPSA) is 60.9 Å². The van der Waals surface area contributed by atoms with Gasteiger partial charge in [0.1, 0.15) is 5.82 Å². The van der Waals surface area contributed by atoms with Crippen LogP contribution in [-0.4, -0.2) is 9.55 Å². The highest BCUT2D eigenvalue weighted by Crippen LogP contribution is 2.03. The number of rotatable bonds is 1. The van der Waals surface area contributed by atoms with Crippen LogP contribution < -0.4 is 11.4 Å². The van der Waals surface area contributed by atoms with Crippen molar-refractivity contribution in [2.45, 2.75) is 13.3 Å². The van der Waals surface area contributed by atoms with E-state index in [4.69, 9.17) is 5.73 Å². The molecule has 4 heteroatoms. The Bertz CT molecular complexity index is 316. The third-order valence-electron chi connectivity index (χ3n) is 1.58. The predicted molar refractivity (Wildman–Crippen MR) is 43.3 cm³/mol. The zero-order valence-electron chi connectivity index (χ0n) is 6.66. The monoisotopic (exact) mass is 153 g/mol. The third-order valence-corrected chi connectivity index (χ3v) is 1.58. The van der Waals surface area contributed by atoms with Crippen LogP contribution in [0.2, 0.25) is 0 Å². The zero-order chi connectivity index (χ0) is 8.43. The van der Waals surface area contributed by atoms with Crippen LogP contribution >= 0.6 is 0 Å². The molecule has 0 saturated carbocycles. The lowest BCUT2D eigenvalue weighted by molar-refractivity contribution is 0.796. The van der Waals surface area contributed by atoms with Crippen LogP contribution in [0.4, 0.5) is 5.82 Å². The Morgan fingerprint density at radius 2 is 2.36 bits per heavy atom. The van der Waals surface area contributed by atoms with Crippen molar-refractivity contribution in [1.29, 1.82) is 0 Å². The second-order valence-corrected chi connectivity index (χ2v) is 2.40. The highest BCUT2D eigenvalue weighted by atomic mass is 16.1. The molecule has 0 saturated heterocycles. The molecule has 11 heavy (non-hydrogen) atoms. The quantitative estimate of drug-likeness (QED) is 0.614. The SMILES string of the molecule is CCc1cn(C)c(=O)nc1N. The summed E-state index contributed by atoms with van der Waals surface area (Å²) in [7, 11) is 1.66. The molecule has 1 heterocycles. The lowest BCUT2D eigenvalue weighted by Crippen LogP contribution is -2.21. The molecule has 0 aliphatic carbocycles. The summed E-state index contributed by atoms with van der Waals surface area (Å²) >= 11 is 0. The molecule has 2 N–H and O–H groups in total. The van der Waals surface area contributed by atoms with E-state index in [1.54, 1.807) is 13.2 Å². The molecule has 0 unspecified atom stereocenters. The summed E-state index contributed by atoms with van der Waals surface area (Å²) in [6.45, 7) is 1.97. The molecule has 1 aromatic rings. The molecule has 1 aromatic heterocycles. The van der Waals surface area contributed by atoms with Gasteiger partial charge in [-0.1, -0.05) is 6.92 Å². The Morgan fingerprint density at radius 1 is 1.73 bits per heavy atom. The van der Waals surface area contributed by atoms with Gasteiger partial charge in [0.15, 0.2) is 0 Å². The summed E-state index contributed by atoms with van der Waals surface area (Å²) in [5.41, 5.74) is 6.08. The third kappa shape index (κ3) is 1.39. The normalized spacial score (nSPS) is 10.0. The van der Waals surface area contributed by atoms with Gasteiger partial charge in [0.25, 0.3) is 0 Å². The summed E-state index contributed by atoms with van der Waals surface area (Å²) < 4.78 is 1.43. The van der Waals surface area contributed by atoms with Gasteiger partial charge in [-0.15, -0.1) is 0 Å². The maximum absolute atomic E-state index is 10.9. The number of hydrogen-bond donors (Lipinski definition) is 1. The summed E-state index contributed by atoms with van der Waals surface area (Å²) in [5, 5.41) is 0. The minimum absolute atomic E-state index is 0.306. The molecule has 1 rings (SSSR count). The van der Waals surface area contributed by atoms with Crippen LogP contribution in [0.25, 0.3) is 0 Å². The van der Waals surface area contributed by atoms with E-state index in [2.05, 4.69) is 4.98 Å². The predicted octanol–water partition coefficient (Wildman–Crippen LogP) is -0.0751. The Balaban J connectivity index is 3.32. The number of nitrogen functional groups attached to an aromatic ring is 1. The first-order chi connectivity index (χ1) is 5.15. The van der Waals surface area contributed by atoms with E-state index in [0.717, 1.165) is 12.0 Å². The van der Waals surface area contributed by atoms with Crippen molar-refractivity contribution in [3.63, 3.8) is 0 Å². The van der Waals surface area contributed by atoms with Crippen molar-refractivity contribution >= 4 is 5.82 Å². The highest BCUT2D eigenvalue weighted by molar-refractivity contribution is 5.36. The lowest BCUT2D eigenvalue weighted by atomic mass is 10.2. The van der Waals surface area contributed by atoms with E-state index in [1.807, 2.05) is 6.92 Å². The fraction of sp³-hybridized carbons (Fsp3) is 0.429. The first kappa shape index (κ1) is 7.78. The van der Waals surface area contributed by atoms with Crippen molar-refractivity contribution in [2.75, 3.05) is 5.73 Å². The van der Waals surface area contributed by atoms with Crippen LogP contribution in [0.3, 0.4) is 0 Å². The first-order valence-corrected chi connectivity index (χ1v) is 3.47. The zero-order valence-corrected chi connectivity index (χ0v) is 6.66. The average Bonchev–Trinajstić information content (AvgIpc) is 1.97. The van der Waals surface area contributed by atoms with Crippen molar-refractivity contribution in [3.05, 3.63) is 22.2 Å². The van der Waals surface area contributed by atoms with Crippen LogP contribution in [0, 0.1) is 0 Å². The maximum Gasteiger partial charge on any atom is 0.349 e. The average molecular weight is 153 g/mol. The summed E-state index contributed by atoms with van der Waals surface area (Å²) in [6.07, 6.45) is 2.51. The van der Waals surface area contributed by atoms with E-state index in [0.29, 0.717) is 5.82 Å². The molecule has 0 radical (unpaired) electrons. The Kier molecular flexibility index (Phi) is 1.94. The number of aryl methyl sites for hydroxylation is 2. The van der Waals surface area contributed by atoms with Crippen molar-refractivity contribution in [1.82, 2.24) is 9.55 Å². The summed E-state index contributed by atoms with van der Waals surface area (Å²) in [6, 6.07) is 0. The second-order valence-electron chi connectivity index (χ2n) is 2.40. The van der Waals surface area contributed by atoms with Crippen molar-refractivity contribution in [3.8, 4) is 0 Å². The molecule has 0 atom stereocenters. The van der Waals surface area contributed by atoms with Gasteiger partial charge in [-0.3, -0.25) is 0 Å². The van der Waals surface area contributed by atoms with E-state index >= 15 is 0 Å². The molecule has 0 bridgehead atoms. The van der Waals surface area contributed by atoms with Crippen LogP contribution in [0.15, 0.2) is 11.0 Å². The number of hydrogen-bond acceptors (Lipinski definition) is 3. The molecule has 4 nitrogen and oxygen atoms in total. The second kappa shape index (κ2) is 2.74. The fourth-order valence-corrected chi connectivity index (χ4v) is 0.881. The minimum atomic E-state index is -0.306. The molecule has 0 aliphatic heterocycles. The van der Waals surface area contributed by atoms with Gasteiger partial charge in [0.05, 0.1) is 0 Å². The van der Waals surface area contributed by atoms with Gasteiger partial charge >= 0.3 is 5.69 Å². The minimum Gasteiger partial charge on any atom is -0.383 e. The Labute approximate surface area is 64.7 Å². The molecule has 0 amide bonds. The first-order valence-electron chi connectivity index (χ1n) is 3.47. The molecule has 0 fully saturated rings. The maximum atomic E-state index is 10.9. The van der Waals surface area contributed by atoms with Gasteiger partial charge in [-0.25, -0.2) is 4.79 Å². The lowest BCUT2D eigenvalue weighted by Gasteiger charge is -2.02. The van der Waals surface area contributed by atoms with Crippen LogP contribution in [0.1, 0.15) is 12.5 Å². The number of nitrogens with two attached hydrogens (primary N) is 1. The van der Waals surface area contributed by atoms with E-state index in [9.17, 15) is 4.79 Å². The van der Waals surface area contributed by atoms with Crippen LogP contribution in [0.5, 0.6) is 0 Å². The van der Waals surface area contributed by atoms with Gasteiger partial charge in [0.2, 0.25) is 0 Å². The largest absolute Gasteiger partial charge is 0.383 e. The summed E-state index contributed by atoms with van der Waals surface area (Å²) in [5.74, 6) is 0.343. The molecule has 0 aromatic carbocycles. The van der Waals surface area contributed by atoms with Gasteiger partial charge in [0, 0.05) is 18.8 Å². The fourth-order valence-electron chi connectivity index (χ4n) is 0.881. The van der Waals surface area contributed by atoms with E-state index < -0.39 is 0 Å². The van der Waals surface area contributed by atoms with E-state index in [1.165, 1.54) is 4.57 Å². The molecule has 60 valence electrons. The number of aromatic nitrogens is 2. The molecular weight excluding hydrogens is 142 g/mol. The van der Waals surface area contributed by atoms with Gasteiger partial charge < -0.3 is 10.3 Å². The highest BCUT2D eigenvalue weighted by Gasteiger charge is 1.99. The standard InChI is InChI=1S/C7H11N3O/c1-3-5-4-10(2)7(11)9-6(5)8/h4H,3H2,1-2H3,(H2,8,9,11). The molecule has 0 aliphatic rings. The summed E-state index contributed by atoms with van der Waals surface area (Å²) in [4.78, 5) is 14.5. The van der Waals surface area contributed by atoms with Gasteiger partial charge in [-0.05, 0) is 6.42 Å². The van der Waals surface area contributed by atoms with Crippen molar-refractivity contribution in [2.24, 2.45) is 7.05 Å².